The minimum absolute atomic E-state index is 0.224. The van der Waals surface area contributed by atoms with Gasteiger partial charge >= 0.3 is 0 Å². The third-order valence-electron chi connectivity index (χ3n) is 4.01. The van der Waals surface area contributed by atoms with Gasteiger partial charge in [0.2, 0.25) is 11.7 Å². The highest BCUT2D eigenvalue weighted by Gasteiger charge is 2.30. The van der Waals surface area contributed by atoms with Crippen LogP contribution in [-0.4, -0.2) is 23.2 Å². The fourth-order valence-electron chi connectivity index (χ4n) is 2.91. The molecule has 2 atom stereocenters. The van der Waals surface area contributed by atoms with Gasteiger partial charge in [0, 0.05) is 6.04 Å². The van der Waals surface area contributed by atoms with E-state index in [1.165, 1.54) is 18.9 Å². The molecule has 0 bridgehead atoms. The first-order valence-corrected chi connectivity index (χ1v) is 7.05. The Morgan fingerprint density at radius 3 is 2.85 bits per heavy atom. The molecule has 20 heavy (non-hydrogen) atoms. The minimum atomic E-state index is -0.325. The van der Waals surface area contributed by atoms with Gasteiger partial charge in [0.05, 0.1) is 11.5 Å². The molecule has 4 nitrogen and oxygen atoms in total. The lowest BCUT2D eigenvalue weighted by Crippen LogP contribution is -2.34. The van der Waals surface area contributed by atoms with Crippen LogP contribution in [0.25, 0.3) is 11.4 Å². The summed E-state index contributed by atoms with van der Waals surface area (Å²) in [6.45, 7) is 0. The van der Waals surface area contributed by atoms with E-state index in [1.807, 2.05) is 7.05 Å². The quantitative estimate of drug-likeness (QED) is 0.935. The zero-order valence-electron chi connectivity index (χ0n) is 11.5. The van der Waals surface area contributed by atoms with E-state index >= 15 is 0 Å². The van der Waals surface area contributed by atoms with Gasteiger partial charge in [-0.15, -0.1) is 0 Å². The van der Waals surface area contributed by atoms with Gasteiger partial charge < -0.3 is 9.84 Å². The number of benzene rings is 1. The Kier molecular flexibility index (Phi) is 3.78. The number of hydrogen-bond acceptors (Lipinski definition) is 4. The molecule has 3 rings (SSSR count). The topological polar surface area (TPSA) is 51.0 Å². The van der Waals surface area contributed by atoms with Gasteiger partial charge in [-0.25, -0.2) is 4.39 Å². The van der Waals surface area contributed by atoms with Crippen molar-refractivity contribution in [3.05, 3.63) is 36.0 Å². The summed E-state index contributed by atoms with van der Waals surface area (Å²) in [5.74, 6) is 0.844. The van der Waals surface area contributed by atoms with Crippen molar-refractivity contribution < 1.29 is 8.91 Å². The molecule has 1 fully saturated rings. The molecule has 106 valence electrons. The van der Waals surface area contributed by atoms with Gasteiger partial charge in [0.1, 0.15) is 5.82 Å². The standard InChI is InChI=1S/C15H18FN3O/c1-17-13-9-5-3-7-11(13)15-18-14(19-20-15)10-6-2-4-8-12(10)16/h2,4,6,8,11,13,17H,3,5,7,9H2,1H3. The first-order valence-electron chi connectivity index (χ1n) is 7.05. The van der Waals surface area contributed by atoms with E-state index in [1.54, 1.807) is 18.2 Å². The third-order valence-corrected chi connectivity index (χ3v) is 4.01. The second kappa shape index (κ2) is 5.71. The number of nitrogens with zero attached hydrogens (tertiary/aromatic N) is 2. The van der Waals surface area contributed by atoms with E-state index in [4.69, 9.17) is 4.52 Å². The SMILES string of the molecule is CNC1CCCCC1c1nc(-c2ccccc2F)no1. The lowest BCUT2D eigenvalue weighted by molar-refractivity contribution is 0.270. The predicted molar refractivity (Wildman–Crippen MR) is 73.7 cm³/mol. The van der Waals surface area contributed by atoms with Crippen molar-refractivity contribution in [1.82, 2.24) is 15.5 Å². The van der Waals surface area contributed by atoms with Gasteiger partial charge in [-0.3, -0.25) is 0 Å². The number of halogens is 1. The highest BCUT2D eigenvalue weighted by atomic mass is 19.1. The summed E-state index contributed by atoms with van der Waals surface area (Å²) in [6, 6.07) is 6.85. The molecule has 5 heteroatoms. The van der Waals surface area contributed by atoms with Crippen molar-refractivity contribution in [2.45, 2.75) is 37.6 Å². The van der Waals surface area contributed by atoms with Gasteiger partial charge in [0.25, 0.3) is 0 Å². The van der Waals surface area contributed by atoms with Crippen molar-refractivity contribution in [3.8, 4) is 11.4 Å². The Bertz CT molecular complexity index is 584. The molecule has 1 aromatic heterocycles. The van der Waals surface area contributed by atoms with E-state index in [-0.39, 0.29) is 11.7 Å². The maximum Gasteiger partial charge on any atom is 0.231 e. The number of nitrogens with one attached hydrogen (secondary N) is 1. The molecule has 1 aliphatic carbocycles. The largest absolute Gasteiger partial charge is 0.339 e. The Morgan fingerprint density at radius 1 is 1.25 bits per heavy atom. The third kappa shape index (κ3) is 2.45. The van der Waals surface area contributed by atoms with E-state index in [0.717, 1.165) is 12.8 Å². The molecule has 0 aliphatic heterocycles. The molecular formula is C15H18FN3O. The average Bonchev–Trinajstić information content (AvgIpc) is 2.97. The molecule has 2 unspecified atom stereocenters. The summed E-state index contributed by atoms with van der Waals surface area (Å²) in [5.41, 5.74) is 0.388. The Morgan fingerprint density at radius 2 is 2.05 bits per heavy atom. The Labute approximate surface area is 117 Å². The smallest absolute Gasteiger partial charge is 0.231 e. The first-order chi connectivity index (χ1) is 9.79. The van der Waals surface area contributed by atoms with Crippen molar-refractivity contribution in [2.24, 2.45) is 0 Å². The number of rotatable bonds is 3. The lowest BCUT2D eigenvalue weighted by atomic mass is 9.84. The number of aromatic nitrogens is 2. The van der Waals surface area contributed by atoms with Crippen LogP contribution in [0.3, 0.4) is 0 Å². The molecule has 0 amide bonds. The fraction of sp³-hybridized carbons (Fsp3) is 0.467. The normalized spacial score (nSPS) is 22.9. The highest BCUT2D eigenvalue weighted by molar-refractivity contribution is 5.54. The zero-order valence-corrected chi connectivity index (χ0v) is 11.5. The van der Waals surface area contributed by atoms with Gasteiger partial charge in [0.15, 0.2) is 0 Å². The van der Waals surface area contributed by atoms with E-state index in [2.05, 4.69) is 15.5 Å². The van der Waals surface area contributed by atoms with Gasteiger partial charge in [-0.2, -0.15) is 4.98 Å². The Hall–Kier alpha value is -1.75. The van der Waals surface area contributed by atoms with Crippen molar-refractivity contribution in [3.63, 3.8) is 0 Å². The van der Waals surface area contributed by atoms with Crippen LogP contribution in [-0.2, 0) is 0 Å². The minimum Gasteiger partial charge on any atom is -0.339 e. The van der Waals surface area contributed by atoms with Crippen molar-refractivity contribution in [2.75, 3.05) is 7.05 Å². The summed E-state index contributed by atoms with van der Waals surface area (Å²) in [7, 11) is 1.96. The van der Waals surface area contributed by atoms with Crippen LogP contribution in [0.1, 0.15) is 37.5 Å². The molecule has 1 heterocycles. The van der Waals surface area contributed by atoms with Crippen molar-refractivity contribution in [1.29, 1.82) is 0 Å². The maximum atomic E-state index is 13.7. The maximum absolute atomic E-state index is 13.7. The van der Waals surface area contributed by atoms with Crippen LogP contribution in [0.15, 0.2) is 28.8 Å². The molecule has 1 aliphatic rings. The summed E-state index contributed by atoms with van der Waals surface area (Å²) in [4.78, 5) is 4.41. The monoisotopic (exact) mass is 275 g/mol. The van der Waals surface area contributed by atoms with Crippen LogP contribution in [0.2, 0.25) is 0 Å². The summed E-state index contributed by atoms with van der Waals surface area (Å²) in [5, 5.41) is 7.25. The summed E-state index contributed by atoms with van der Waals surface area (Å²) < 4.78 is 19.1. The fourth-order valence-corrected chi connectivity index (χ4v) is 2.91. The highest BCUT2D eigenvalue weighted by Crippen LogP contribution is 2.33. The number of likely N-dealkylation sites (N-methyl/N-ethyl adjacent to an activating group) is 1. The van der Waals surface area contributed by atoms with Crippen LogP contribution in [0.4, 0.5) is 4.39 Å². The zero-order chi connectivity index (χ0) is 13.9. The second-order valence-corrected chi connectivity index (χ2v) is 5.22. The van der Waals surface area contributed by atoms with E-state index in [9.17, 15) is 4.39 Å². The van der Waals surface area contributed by atoms with Crippen LogP contribution in [0, 0.1) is 5.82 Å². The van der Waals surface area contributed by atoms with Crippen LogP contribution in [0.5, 0.6) is 0 Å². The van der Waals surface area contributed by atoms with Gasteiger partial charge in [-0.1, -0.05) is 30.1 Å². The lowest BCUT2D eigenvalue weighted by Gasteiger charge is -2.28. The molecular weight excluding hydrogens is 257 g/mol. The first kappa shape index (κ1) is 13.2. The average molecular weight is 275 g/mol. The molecule has 0 saturated heterocycles. The molecule has 1 aromatic carbocycles. The molecule has 1 saturated carbocycles. The molecule has 1 N–H and O–H groups in total. The molecule has 2 aromatic rings. The molecule has 0 spiro atoms. The molecule has 0 radical (unpaired) electrons. The van der Waals surface area contributed by atoms with Crippen molar-refractivity contribution >= 4 is 0 Å². The number of hydrogen-bond donors (Lipinski definition) is 1. The predicted octanol–water partition coefficient (Wildman–Crippen LogP) is 3.12. The Balaban J connectivity index is 1.88. The summed E-state index contributed by atoms with van der Waals surface area (Å²) >= 11 is 0. The van der Waals surface area contributed by atoms with Gasteiger partial charge in [-0.05, 0) is 32.0 Å². The van der Waals surface area contributed by atoms with E-state index < -0.39 is 0 Å². The van der Waals surface area contributed by atoms with Crippen LogP contribution >= 0.6 is 0 Å². The summed E-state index contributed by atoms with van der Waals surface area (Å²) in [6.07, 6.45) is 4.53. The second-order valence-electron chi connectivity index (χ2n) is 5.22. The van der Waals surface area contributed by atoms with E-state index in [0.29, 0.717) is 23.3 Å². The van der Waals surface area contributed by atoms with Crippen LogP contribution < -0.4 is 5.32 Å².